The van der Waals surface area contributed by atoms with Crippen molar-refractivity contribution in [3.05, 3.63) is 93.3 Å². The fourth-order valence-electron chi connectivity index (χ4n) is 7.35. The third kappa shape index (κ3) is 9.83. The molecule has 2 aliphatic rings. The van der Waals surface area contributed by atoms with Crippen molar-refractivity contribution in [1.82, 2.24) is 20.2 Å². The van der Waals surface area contributed by atoms with Crippen LogP contribution in [0.3, 0.4) is 0 Å². The second kappa shape index (κ2) is 18.9. The topological polar surface area (TPSA) is 286 Å². The zero-order valence-electron chi connectivity index (χ0n) is 34.4. The molecule has 8 N–H and O–H groups in total. The lowest BCUT2D eigenvalue weighted by molar-refractivity contribution is -0.175. The van der Waals surface area contributed by atoms with Gasteiger partial charge in [-0.05, 0) is 61.1 Å². The van der Waals surface area contributed by atoms with E-state index in [2.05, 4.69) is 20.9 Å². The molecule has 0 fully saturated rings. The molecule has 0 spiro atoms. The second-order valence-electron chi connectivity index (χ2n) is 15.3. The molecule has 2 aliphatic heterocycles. The van der Waals surface area contributed by atoms with Crippen molar-refractivity contribution in [2.75, 3.05) is 11.9 Å². The van der Waals surface area contributed by atoms with Crippen LogP contribution in [0.2, 0.25) is 0 Å². The largest absolute Gasteiger partial charge is 0.510 e. The van der Waals surface area contributed by atoms with Crippen LogP contribution in [0.25, 0.3) is 22.3 Å². The van der Waals surface area contributed by atoms with Crippen molar-refractivity contribution in [2.24, 2.45) is 22.4 Å². The number of esters is 1. The van der Waals surface area contributed by atoms with E-state index in [1.54, 1.807) is 55.7 Å². The number of ether oxygens (including phenoxy) is 3. The summed E-state index contributed by atoms with van der Waals surface area (Å²) < 4.78 is 18.2. The summed E-state index contributed by atoms with van der Waals surface area (Å²) in [5.74, 6) is -4.40. The number of aliphatic imine (C=N–C) groups is 1. The van der Waals surface area contributed by atoms with Crippen molar-refractivity contribution >= 4 is 58.4 Å². The van der Waals surface area contributed by atoms with E-state index in [4.69, 9.17) is 35.8 Å². The molecule has 19 heteroatoms. The molecule has 4 heterocycles. The van der Waals surface area contributed by atoms with Gasteiger partial charge in [0.25, 0.3) is 5.56 Å². The van der Waals surface area contributed by atoms with E-state index in [0.29, 0.717) is 29.1 Å². The number of benzene rings is 2. The first-order valence-corrected chi connectivity index (χ1v) is 20.1. The van der Waals surface area contributed by atoms with Crippen molar-refractivity contribution in [1.29, 1.82) is 0 Å². The van der Waals surface area contributed by atoms with Gasteiger partial charge in [0.2, 0.25) is 23.3 Å². The number of nitrogens with one attached hydrogen (secondary N) is 3. The summed E-state index contributed by atoms with van der Waals surface area (Å²) in [4.78, 5) is 99.4. The Morgan fingerprint density at radius 2 is 1.74 bits per heavy atom. The number of amides is 3. The molecule has 62 heavy (non-hydrogen) atoms. The minimum atomic E-state index is -1.97. The quantitative estimate of drug-likeness (QED) is 0.0340. The van der Waals surface area contributed by atoms with E-state index in [1.807, 2.05) is 30.3 Å². The first-order valence-electron chi connectivity index (χ1n) is 20.1. The minimum Gasteiger partial charge on any atom is -0.481 e. The number of nitrogens with zero attached hydrogens (tertiary/aromatic N) is 3. The Hall–Kier alpha value is -7.31. The minimum absolute atomic E-state index is 0.0570. The maximum absolute atomic E-state index is 13.8. The van der Waals surface area contributed by atoms with Crippen LogP contribution in [0.4, 0.5) is 10.5 Å². The van der Waals surface area contributed by atoms with Gasteiger partial charge in [-0.1, -0.05) is 51.1 Å². The summed E-state index contributed by atoms with van der Waals surface area (Å²) in [5, 5.41) is 17.8. The van der Waals surface area contributed by atoms with Gasteiger partial charge in [0.05, 0.1) is 35.4 Å². The van der Waals surface area contributed by atoms with Gasteiger partial charge >= 0.3 is 18.1 Å². The van der Waals surface area contributed by atoms with Crippen LogP contribution in [0.1, 0.15) is 75.1 Å². The Morgan fingerprint density at radius 1 is 1.00 bits per heavy atom. The standard InChI is InChI=1S/C43H48N8O11/c1-4-43(29-19-32-36-26(18-25-8-5-6-9-30(25)48-36)20-51(32)39(57)28(29)22-60-40(43)58)62-42(59)61-21-24-11-13-27(14-12-24)47-37(55)31(10-7-17-46-41(44)45)49-38(56)35(23(2)3)50-33(52)15-16-34(53)54/h5-6,8-9,11-14,18-19,23,31,35H,4,7,10,15-17,20-22H2,1-3H3,(H,47,55)(H,49,56)(H,50,52)(H,53,54)(H4,44,45,46)/t31-,35-,43-/m0/s1. The van der Waals surface area contributed by atoms with Crippen LogP contribution in [0, 0.1) is 5.92 Å². The molecule has 6 rings (SSSR count). The zero-order valence-corrected chi connectivity index (χ0v) is 34.4. The van der Waals surface area contributed by atoms with E-state index in [9.17, 15) is 33.6 Å². The van der Waals surface area contributed by atoms with Gasteiger partial charge in [-0.15, -0.1) is 0 Å². The number of nitrogens with two attached hydrogens (primary N) is 2. The molecule has 0 bridgehead atoms. The van der Waals surface area contributed by atoms with Gasteiger partial charge in [-0.2, -0.15) is 0 Å². The average Bonchev–Trinajstić information content (AvgIpc) is 3.60. The Labute approximate surface area is 355 Å². The van der Waals surface area contributed by atoms with Gasteiger partial charge < -0.3 is 51.3 Å². The molecular formula is C43H48N8O11. The van der Waals surface area contributed by atoms with E-state index < -0.39 is 65.8 Å². The third-order valence-corrected chi connectivity index (χ3v) is 10.6. The van der Waals surface area contributed by atoms with Crippen LogP contribution < -0.4 is 33.0 Å². The number of para-hydroxylation sites is 1. The van der Waals surface area contributed by atoms with Crippen molar-refractivity contribution in [3.63, 3.8) is 0 Å². The van der Waals surface area contributed by atoms with E-state index in [-0.39, 0.29) is 68.2 Å². The molecule has 0 saturated heterocycles. The zero-order chi connectivity index (χ0) is 44.7. The molecule has 2 aromatic carbocycles. The van der Waals surface area contributed by atoms with Crippen molar-refractivity contribution < 1.29 is 48.1 Å². The number of rotatable bonds is 17. The highest BCUT2D eigenvalue weighted by atomic mass is 16.7. The first kappa shape index (κ1) is 44.2. The van der Waals surface area contributed by atoms with Crippen LogP contribution in [0.5, 0.6) is 0 Å². The molecule has 4 aromatic rings. The molecule has 0 radical (unpaired) electrons. The maximum atomic E-state index is 13.8. The predicted molar refractivity (Wildman–Crippen MR) is 224 cm³/mol. The van der Waals surface area contributed by atoms with E-state index in [1.165, 1.54) is 0 Å². The summed E-state index contributed by atoms with van der Waals surface area (Å²) in [5.41, 5.74) is 12.4. The van der Waals surface area contributed by atoms with Gasteiger partial charge in [0.15, 0.2) is 5.96 Å². The van der Waals surface area contributed by atoms with Crippen LogP contribution >= 0.6 is 0 Å². The molecule has 0 aliphatic carbocycles. The summed E-state index contributed by atoms with van der Waals surface area (Å²) in [6.45, 7) is 4.89. The summed E-state index contributed by atoms with van der Waals surface area (Å²) in [7, 11) is 0. The van der Waals surface area contributed by atoms with Crippen molar-refractivity contribution in [3.8, 4) is 11.4 Å². The number of hydrogen-bond acceptors (Lipinski definition) is 12. The number of carbonyl (C=O) groups excluding carboxylic acids is 5. The number of pyridine rings is 2. The normalized spacial score (nSPS) is 15.8. The van der Waals surface area contributed by atoms with Crippen LogP contribution in [0.15, 0.2) is 70.5 Å². The van der Waals surface area contributed by atoms with Crippen molar-refractivity contribution in [2.45, 2.75) is 90.3 Å². The van der Waals surface area contributed by atoms with E-state index >= 15 is 0 Å². The van der Waals surface area contributed by atoms with Gasteiger partial charge in [0, 0.05) is 35.2 Å². The highest BCUT2D eigenvalue weighted by molar-refractivity contribution is 5.98. The lowest BCUT2D eigenvalue weighted by atomic mass is 9.85. The summed E-state index contributed by atoms with van der Waals surface area (Å²) in [6.07, 6.45) is -1.55. The summed E-state index contributed by atoms with van der Waals surface area (Å²) >= 11 is 0. The molecule has 2 aromatic heterocycles. The maximum Gasteiger partial charge on any atom is 0.510 e. The molecule has 19 nitrogen and oxygen atoms in total. The number of guanidine groups is 1. The fourth-order valence-corrected chi connectivity index (χ4v) is 7.35. The average molecular weight is 853 g/mol. The van der Waals surface area contributed by atoms with Crippen LogP contribution in [-0.2, 0) is 63.5 Å². The lowest BCUT2D eigenvalue weighted by Crippen LogP contribution is -2.54. The second-order valence-corrected chi connectivity index (χ2v) is 15.3. The smallest absolute Gasteiger partial charge is 0.481 e. The third-order valence-electron chi connectivity index (χ3n) is 10.6. The Balaban J connectivity index is 1.11. The molecule has 3 amide bonds. The summed E-state index contributed by atoms with van der Waals surface area (Å²) in [6, 6.07) is 15.3. The molecular weight excluding hydrogens is 805 g/mol. The number of aromatic nitrogens is 2. The van der Waals surface area contributed by atoms with Gasteiger partial charge in [-0.25, -0.2) is 14.6 Å². The SMILES string of the molecule is CC[C@@]1(OC(=O)OCc2ccc(NC(=O)[C@H](CCCN=C(N)N)NC(=O)[C@@H](NC(=O)CCC(=O)O)C(C)C)cc2)C(=O)OCc2c1cc1n(c2=O)Cc2cc3ccccc3nc2-1. The number of carboxylic acids is 1. The number of aliphatic carboxylic acids is 1. The van der Waals surface area contributed by atoms with E-state index in [0.717, 1.165) is 16.5 Å². The number of carboxylic acid groups (broad SMARTS) is 1. The number of fused-ring (bicyclic) bond motifs is 5. The van der Waals surface area contributed by atoms with Gasteiger partial charge in [-0.3, -0.25) is 29.0 Å². The molecule has 326 valence electrons. The predicted octanol–water partition coefficient (Wildman–Crippen LogP) is 2.92. The number of anilines is 1. The van der Waals surface area contributed by atoms with Gasteiger partial charge in [0.1, 0.15) is 25.3 Å². The lowest BCUT2D eigenvalue weighted by Gasteiger charge is -2.35. The monoisotopic (exact) mass is 852 g/mol. The fraction of sp³-hybridized carbons (Fsp3) is 0.372. The first-order chi connectivity index (χ1) is 29.6. The number of cyclic esters (lactones) is 1. The number of hydrogen-bond donors (Lipinski definition) is 6. The van der Waals surface area contributed by atoms with Crippen LogP contribution in [-0.4, -0.2) is 75.1 Å². The Bertz CT molecular complexity index is 2500. The highest BCUT2D eigenvalue weighted by Gasteiger charge is 2.51. The Morgan fingerprint density at radius 3 is 2.44 bits per heavy atom. The molecule has 3 atom stereocenters. The molecule has 0 unspecified atom stereocenters. The molecule has 0 saturated carbocycles. The number of carbonyl (C=O) groups is 6. The Kier molecular flexibility index (Phi) is 13.5. The highest BCUT2D eigenvalue weighted by Crippen LogP contribution is 2.41.